The zero-order valence-corrected chi connectivity index (χ0v) is 11.2. The number of benzene rings is 1. The van der Waals surface area contributed by atoms with E-state index in [0.29, 0.717) is 0 Å². The Kier molecular flexibility index (Phi) is 6.54. The zero-order valence-electron chi connectivity index (χ0n) is 11.2. The number of hydrogen-bond donors (Lipinski definition) is 2. The quantitative estimate of drug-likeness (QED) is 0.738. The van der Waals surface area contributed by atoms with E-state index in [9.17, 15) is 0 Å². The van der Waals surface area contributed by atoms with Crippen molar-refractivity contribution in [1.29, 1.82) is 0 Å². The molecule has 0 saturated carbocycles. The number of aryl methyl sites for hydroxylation is 1. The second-order valence-corrected chi connectivity index (χ2v) is 4.30. The van der Waals surface area contributed by atoms with Crippen LogP contribution in [0.4, 0.5) is 5.69 Å². The highest BCUT2D eigenvalue weighted by Crippen LogP contribution is 2.24. The first-order valence-corrected chi connectivity index (χ1v) is 6.34. The number of rotatable bonds is 8. The zero-order chi connectivity index (χ0) is 13.4. The lowest BCUT2D eigenvalue weighted by molar-refractivity contribution is 0.282. The molecule has 0 heterocycles. The SMILES string of the molecule is COc1ccc(N(CCCO)CCCO)cc1C. The van der Waals surface area contributed by atoms with E-state index in [1.807, 2.05) is 19.1 Å². The van der Waals surface area contributed by atoms with Crippen LogP contribution in [0.25, 0.3) is 0 Å². The van der Waals surface area contributed by atoms with Crippen molar-refractivity contribution in [2.45, 2.75) is 19.8 Å². The number of nitrogens with zero attached hydrogens (tertiary/aromatic N) is 1. The fraction of sp³-hybridized carbons (Fsp3) is 0.571. The summed E-state index contributed by atoms with van der Waals surface area (Å²) in [5.74, 6) is 0.878. The van der Waals surface area contributed by atoms with Gasteiger partial charge in [-0.15, -0.1) is 0 Å². The Morgan fingerprint density at radius 1 is 1.11 bits per heavy atom. The fourth-order valence-corrected chi connectivity index (χ4v) is 1.95. The number of aliphatic hydroxyl groups excluding tert-OH is 2. The predicted molar refractivity (Wildman–Crippen MR) is 73.3 cm³/mol. The summed E-state index contributed by atoms with van der Waals surface area (Å²) in [6, 6.07) is 6.05. The highest BCUT2D eigenvalue weighted by molar-refractivity contribution is 5.52. The van der Waals surface area contributed by atoms with Crippen LogP contribution in [0.5, 0.6) is 5.75 Å². The summed E-state index contributed by atoms with van der Waals surface area (Å²) in [5.41, 5.74) is 2.20. The molecule has 1 rings (SSSR count). The van der Waals surface area contributed by atoms with E-state index in [4.69, 9.17) is 14.9 Å². The average molecular weight is 253 g/mol. The minimum atomic E-state index is 0.185. The van der Waals surface area contributed by atoms with Gasteiger partial charge in [0.2, 0.25) is 0 Å². The molecule has 1 aromatic rings. The second kappa shape index (κ2) is 7.95. The van der Waals surface area contributed by atoms with E-state index in [0.717, 1.165) is 42.9 Å². The van der Waals surface area contributed by atoms with Crippen molar-refractivity contribution in [2.24, 2.45) is 0 Å². The molecule has 4 nitrogen and oxygen atoms in total. The largest absolute Gasteiger partial charge is 0.496 e. The van der Waals surface area contributed by atoms with Gasteiger partial charge >= 0.3 is 0 Å². The maximum atomic E-state index is 8.93. The summed E-state index contributed by atoms with van der Waals surface area (Å²) in [6.45, 7) is 3.97. The van der Waals surface area contributed by atoms with Gasteiger partial charge in [0.25, 0.3) is 0 Å². The van der Waals surface area contributed by atoms with Gasteiger partial charge in [-0.05, 0) is 43.5 Å². The first kappa shape index (κ1) is 14.8. The van der Waals surface area contributed by atoms with Crippen LogP contribution in [0.1, 0.15) is 18.4 Å². The second-order valence-electron chi connectivity index (χ2n) is 4.30. The lowest BCUT2D eigenvalue weighted by Gasteiger charge is -2.25. The molecule has 0 fully saturated rings. The van der Waals surface area contributed by atoms with Crippen molar-refractivity contribution < 1.29 is 14.9 Å². The Morgan fingerprint density at radius 3 is 2.17 bits per heavy atom. The van der Waals surface area contributed by atoms with Gasteiger partial charge in [-0.3, -0.25) is 0 Å². The first-order valence-electron chi connectivity index (χ1n) is 6.34. The molecule has 0 aromatic heterocycles. The third-order valence-electron chi connectivity index (χ3n) is 2.92. The topological polar surface area (TPSA) is 52.9 Å². The molecular formula is C14H23NO3. The van der Waals surface area contributed by atoms with Crippen molar-refractivity contribution in [1.82, 2.24) is 0 Å². The van der Waals surface area contributed by atoms with Crippen molar-refractivity contribution in [2.75, 3.05) is 38.3 Å². The van der Waals surface area contributed by atoms with E-state index in [-0.39, 0.29) is 13.2 Å². The third-order valence-corrected chi connectivity index (χ3v) is 2.92. The molecule has 0 aliphatic rings. The fourth-order valence-electron chi connectivity index (χ4n) is 1.95. The number of hydrogen-bond acceptors (Lipinski definition) is 4. The van der Waals surface area contributed by atoms with Gasteiger partial charge in [0.1, 0.15) is 5.75 Å². The van der Waals surface area contributed by atoms with Gasteiger partial charge in [-0.1, -0.05) is 0 Å². The molecule has 0 spiro atoms. The van der Waals surface area contributed by atoms with E-state index >= 15 is 0 Å². The summed E-state index contributed by atoms with van der Waals surface area (Å²) in [5, 5.41) is 17.9. The summed E-state index contributed by atoms with van der Waals surface area (Å²) in [7, 11) is 1.66. The maximum Gasteiger partial charge on any atom is 0.121 e. The Bertz CT molecular complexity index is 347. The number of anilines is 1. The van der Waals surface area contributed by atoms with Crippen LogP contribution >= 0.6 is 0 Å². The Hall–Kier alpha value is -1.26. The Morgan fingerprint density at radius 2 is 1.72 bits per heavy atom. The standard InChI is InChI=1S/C14H23NO3/c1-12-11-13(5-6-14(12)18-2)15(7-3-9-16)8-4-10-17/h5-6,11,16-17H,3-4,7-10H2,1-2H3. The molecule has 102 valence electrons. The summed E-state index contributed by atoms with van der Waals surface area (Å²) in [6.07, 6.45) is 1.47. The molecule has 4 heteroatoms. The van der Waals surface area contributed by atoms with Crippen LogP contribution in [0.2, 0.25) is 0 Å². The first-order chi connectivity index (χ1) is 8.72. The van der Waals surface area contributed by atoms with Crippen LogP contribution in [0.3, 0.4) is 0 Å². The molecule has 0 aliphatic carbocycles. The molecule has 0 aliphatic heterocycles. The Labute approximate surface area is 109 Å². The molecule has 0 saturated heterocycles. The van der Waals surface area contributed by atoms with Crippen LogP contribution in [-0.4, -0.2) is 43.6 Å². The molecule has 2 N–H and O–H groups in total. The summed E-state index contributed by atoms with van der Waals surface area (Å²) in [4.78, 5) is 2.18. The van der Waals surface area contributed by atoms with Gasteiger partial charge in [0, 0.05) is 32.0 Å². The minimum absolute atomic E-state index is 0.185. The normalized spacial score (nSPS) is 10.4. The van der Waals surface area contributed by atoms with E-state index in [1.165, 1.54) is 0 Å². The summed E-state index contributed by atoms with van der Waals surface area (Å²) < 4.78 is 5.24. The van der Waals surface area contributed by atoms with E-state index < -0.39 is 0 Å². The molecule has 0 atom stereocenters. The molecule has 0 amide bonds. The van der Waals surface area contributed by atoms with Crippen molar-refractivity contribution in [3.8, 4) is 5.75 Å². The summed E-state index contributed by atoms with van der Waals surface area (Å²) >= 11 is 0. The predicted octanol–water partition coefficient (Wildman–Crippen LogP) is 1.57. The van der Waals surface area contributed by atoms with Crippen molar-refractivity contribution >= 4 is 5.69 Å². The molecule has 18 heavy (non-hydrogen) atoms. The van der Waals surface area contributed by atoms with Crippen LogP contribution < -0.4 is 9.64 Å². The highest BCUT2D eigenvalue weighted by atomic mass is 16.5. The molecule has 0 unspecified atom stereocenters. The number of ether oxygens (including phenoxy) is 1. The van der Waals surface area contributed by atoms with Gasteiger partial charge < -0.3 is 19.8 Å². The van der Waals surface area contributed by atoms with E-state index in [2.05, 4.69) is 11.0 Å². The van der Waals surface area contributed by atoms with E-state index in [1.54, 1.807) is 7.11 Å². The number of methoxy groups -OCH3 is 1. The average Bonchev–Trinajstić information content (AvgIpc) is 2.39. The van der Waals surface area contributed by atoms with Gasteiger partial charge in [-0.2, -0.15) is 0 Å². The number of aliphatic hydroxyl groups is 2. The van der Waals surface area contributed by atoms with Crippen LogP contribution in [0, 0.1) is 6.92 Å². The van der Waals surface area contributed by atoms with Crippen LogP contribution in [-0.2, 0) is 0 Å². The maximum absolute atomic E-state index is 8.93. The Balaban J connectivity index is 2.79. The lowest BCUT2D eigenvalue weighted by atomic mass is 10.1. The minimum Gasteiger partial charge on any atom is -0.496 e. The third kappa shape index (κ3) is 4.20. The van der Waals surface area contributed by atoms with Crippen molar-refractivity contribution in [3.05, 3.63) is 23.8 Å². The smallest absolute Gasteiger partial charge is 0.121 e. The molecule has 0 radical (unpaired) electrons. The molecular weight excluding hydrogens is 230 g/mol. The molecule has 1 aromatic carbocycles. The van der Waals surface area contributed by atoms with Crippen LogP contribution in [0.15, 0.2) is 18.2 Å². The van der Waals surface area contributed by atoms with Gasteiger partial charge in [-0.25, -0.2) is 0 Å². The molecule has 0 bridgehead atoms. The van der Waals surface area contributed by atoms with Gasteiger partial charge in [0.15, 0.2) is 0 Å². The van der Waals surface area contributed by atoms with Crippen molar-refractivity contribution in [3.63, 3.8) is 0 Å². The highest BCUT2D eigenvalue weighted by Gasteiger charge is 2.08. The monoisotopic (exact) mass is 253 g/mol. The van der Waals surface area contributed by atoms with Gasteiger partial charge in [0.05, 0.1) is 7.11 Å². The lowest BCUT2D eigenvalue weighted by Crippen LogP contribution is -2.27.